The van der Waals surface area contributed by atoms with E-state index in [4.69, 9.17) is 23.2 Å². The van der Waals surface area contributed by atoms with Crippen LogP contribution in [0.3, 0.4) is 0 Å². The summed E-state index contributed by atoms with van der Waals surface area (Å²) in [5.74, 6) is 0. The molecule has 0 spiro atoms. The molecule has 2 aromatic rings. The lowest BCUT2D eigenvalue weighted by Crippen LogP contribution is -2.20. The van der Waals surface area contributed by atoms with Crippen LogP contribution in [0.2, 0.25) is 10.0 Å². The van der Waals surface area contributed by atoms with Crippen LogP contribution in [-0.4, -0.2) is 5.11 Å². The summed E-state index contributed by atoms with van der Waals surface area (Å²) in [7, 11) is 0. The molecule has 0 amide bonds. The lowest BCUT2D eigenvalue weighted by atomic mass is 10.0. The van der Waals surface area contributed by atoms with E-state index < -0.39 is 0 Å². The lowest BCUT2D eigenvalue weighted by Gasteiger charge is -2.18. The normalized spacial score (nSPS) is 12.4. The van der Waals surface area contributed by atoms with Crippen molar-refractivity contribution in [3.63, 3.8) is 0 Å². The van der Waals surface area contributed by atoms with E-state index in [1.807, 2.05) is 42.5 Å². The van der Waals surface area contributed by atoms with Gasteiger partial charge in [0.15, 0.2) is 0 Å². The third-order valence-corrected chi connectivity index (χ3v) is 4.22. The summed E-state index contributed by atoms with van der Waals surface area (Å²) in [4.78, 5) is 0. The van der Waals surface area contributed by atoms with E-state index in [9.17, 15) is 5.11 Å². The second kappa shape index (κ2) is 7.81. The molecule has 0 radical (unpaired) electrons. The van der Waals surface area contributed by atoms with Crippen molar-refractivity contribution in [2.24, 2.45) is 0 Å². The van der Waals surface area contributed by atoms with Crippen molar-refractivity contribution >= 4 is 23.2 Å². The smallest absolute Gasteiger partial charge is 0.0681 e. The Morgan fingerprint density at radius 3 is 2.48 bits per heavy atom. The maximum absolute atomic E-state index is 9.17. The average Bonchev–Trinajstić information content (AvgIpc) is 2.51. The summed E-state index contributed by atoms with van der Waals surface area (Å²) in [6.07, 6.45) is 0.956. The van der Waals surface area contributed by atoms with Gasteiger partial charge in [-0.1, -0.05) is 60.5 Å². The molecule has 2 aromatic carbocycles. The molecule has 112 valence electrons. The Labute approximate surface area is 135 Å². The van der Waals surface area contributed by atoms with Crippen LogP contribution >= 0.6 is 23.2 Å². The van der Waals surface area contributed by atoms with Crippen LogP contribution in [0.25, 0.3) is 0 Å². The van der Waals surface area contributed by atoms with Gasteiger partial charge in [0.1, 0.15) is 0 Å². The van der Waals surface area contributed by atoms with Gasteiger partial charge in [0.2, 0.25) is 0 Å². The number of halogens is 2. The van der Waals surface area contributed by atoms with Crippen LogP contribution < -0.4 is 5.32 Å². The van der Waals surface area contributed by atoms with Crippen LogP contribution in [0, 0.1) is 0 Å². The summed E-state index contributed by atoms with van der Waals surface area (Å²) >= 11 is 12.0. The highest BCUT2D eigenvalue weighted by atomic mass is 35.5. The van der Waals surface area contributed by atoms with E-state index in [-0.39, 0.29) is 12.6 Å². The average molecular weight is 324 g/mol. The van der Waals surface area contributed by atoms with E-state index >= 15 is 0 Å². The molecule has 1 atom stereocenters. The molecular formula is C17H19Cl2NO. The molecule has 2 rings (SSSR count). The van der Waals surface area contributed by atoms with Gasteiger partial charge in [0, 0.05) is 12.6 Å². The molecular weight excluding hydrogens is 305 g/mol. The summed E-state index contributed by atoms with van der Waals surface area (Å²) in [5.41, 5.74) is 3.21. The number of benzene rings is 2. The number of rotatable bonds is 6. The molecule has 0 heterocycles. The number of aliphatic hydroxyl groups excluding tert-OH is 1. The van der Waals surface area contributed by atoms with Crippen molar-refractivity contribution in [2.75, 3.05) is 0 Å². The zero-order valence-corrected chi connectivity index (χ0v) is 13.5. The maximum Gasteiger partial charge on any atom is 0.0681 e. The SMILES string of the molecule is CCC(NCc1cccc(CO)c1)c1ccc(Cl)c(Cl)c1. The zero-order valence-electron chi connectivity index (χ0n) is 11.9. The van der Waals surface area contributed by atoms with Gasteiger partial charge in [-0.15, -0.1) is 0 Å². The first kappa shape index (κ1) is 16.3. The number of aliphatic hydroxyl groups is 1. The predicted octanol–water partition coefficient (Wildman–Crippen LogP) is 4.73. The zero-order chi connectivity index (χ0) is 15.2. The largest absolute Gasteiger partial charge is 0.392 e. The maximum atomic E-state index is 9.17. The van der Waals surface area contributed by atoms with Crippen LogP contribution in [0.5, 0.6) is 0 Å². The van der Waals surface area contributed by atoms with Gasteiger partial charge >= 0.3 is 0 Å². The fourth-order valence-electron chi connectivity index (χ4n) is 2.31. The standard InChI is InChI=1S/C17H19Cl2NO/c1-2-17(14-6-7-15(18)16(19)9-14)20-10-12-4-3-5-13(8-12)11-21/h3-9,17,20-21H,2,10-11H2,1H3. The highest BCUT2D eigenvalue weighted by Gasteiger charge is 2.10. The van der Waals surface area contributed by atoms with Crippen molar-refractivity contribution in [1.29, 1.82) is 0 Å². The Morgan fingerprint density at radius 1 is 1.05 bits per heavy atom. The van der Waals surface area contributed by atoms with E-state index in [2.05, 4.69) is 12.2 Å². The van der Waals surface area contributed by atoms with Crippen molar-refractivity contribution in [3.8, 4) is 0 Å². The van der Waals surface area contributed by atoms with Gasteiger partial charge in [-0.25, -0.2) is 0 Å². The van der Waals surface area contributed by atoms with Crippen molar-refractivity contribution in [3.05, 3.63) is 69.2 Å². The molecule has 2 N–H and O–H groups in total. The minimum Gasteiger partial charge on any atom is -0.392 e. The molecule has 0 aromatic heterocycles. The second-order valence-corrected chi connectivity index (χ2v) is 5.81. The Balaban J connectivity index is 2.06. The van der Waals surface area contributed by atoms with Crippen LogP contribution in [0.15, 0.2) is 42.5 Å². The summed E-state index contributed by atoms with van der Waals surface area (Å²) in [6.45, 7) is 2.94. The van der Waals surface area contributed by atoms with Gasteiger partial charge in [0.25, 0.3) is 0 Å². The minimum atomic E-state index is 0.0673. The fraction of sp³-hybridized carbons (Fsp3) is 0.294. The summed E-state index contributed by atoms with van der Waals surface area (Å²) < 4.78 is 0. The molecule has 0 bridgehead atoms. The molecule has 4 heteroatoms. The Morgan fingerprint density at radius 2 is 1.81 bits per heavy atom. The van der Waals surface area contributed by atoms with E-state index in [0.717, 1.165) is 29.7 Å². The third kappa shape index (κ3) is 4.45. The van der Waals surface area contributed by atoms with E-state index in [1.54, 1.807) is 0 Å². The Kier molecular flexibility index (Phi) is 6.07. The predicted molar refractivity (Wildman–Crippen MR) is 88.7 cm³/mol. The van der Waals surface area contributed by atoms with Gasteiger partial charge in [0.05, 0.1) is 16.7 Å². The molecule has 0 saturated heterocycles. The highest BCUT2D eigenvalue weighted by molar-refractivity contribution is 6.42. The second-order valence-electron chi connectivity index (χ2n) is 4.99. The molecule has 0 fully saturated rings. The molecule has 0 saturated carbocycles. The number of nitrogens with one attached hydrogen (secondary N) is 1. The van der Waals surface area contributed by atoms with Gasteiger partial charge in [-0.3, -0.25) is 0 Å². The number of hydrogen-bond donors (Lipinski definition) is 2. The Bertz CT molecular complexity index is 601. The molecule has 21 heavy (non-hydrogen) atoms. The van der Waals surface area contributed by atoms with Crippen LogP contribution in [0.4, 0.5) is 0 Å². The highest BCUT2D eigenvalue weighted by Crippen LogP contribution is 2.27. The van der Waals surface area contributed by atoms with E-state index in [1.165, 1.54) is 0 Å². The monoisotopic (exact) mass is 323 g/mol. The number of hydrogen-bond acceptors (Lipinski definition) is 2. The first-order chi connectivity index (χ1) is 10.1. The molecule has 0 aliphatic carbocycles. The van der Waals surface area contributed by atoms with Crippen LogP contribution in [0.1, 0.15) is 36.1 Å². The molecule has 2 nitrogen and oxygen atoms in total. The van der Waals surface area contributed by atoms with Crippen molar-refractivity contribution in [2.45, 2.75) is 32.5 Å². The van der Waals surface area contributed by atoms with Crippen molar-refractivity contribution < 1.29 is 5.11 Å². The topological polar surface area (TPSA) is 32.3 Å². The first-order valence-corrected chi connectivity index (χ1v) is 7.76. The van der Waals surface area contributed by atoms with Gasteiger partial charge in [-0.05, 0) is 35.2 Å². The van der Waals surface area contributed by atoms with Gasteiger partial charge in [-0.2, -0.15) is 0 Å². The minimum absolute atomic E-state index is 0.0673. The first-order valence-electron chi connectivity index (χ1n) is 7.01. The summed E-state index contributed by atoms with van der Waals surface area (Å²) in [6, 6.07) is 13.9. The lowest BCUT2D eigenvalue weighted by molar-refractivity contribution is 0.281. The van der Waals surface area contributed by atoms with Gasteiger partial charge < -0.3 is 10.4 Å². The molecule has 0 aliphatic heterocycles. The van der Waals surface area contributed by atoms with E-state index in [0.29, 0.717) is 10.0 Å². The fourth-order valence-corrected chi connectivity index (χ4v) is 2.61. The third-order valence-electron chi connectivity index (χ3n) is 3.48. The molecule has 1 unspecified atom stereocenters. The quantitative estimate of drug-likeness (QED) is 0.805. The van der Waals surface area contributed by atoms with Crippen LogP contribution in [-0.2, 0) is 13.2 Å². The Hall–Kier alpha value is -1.06. The molecule has 0 aliphatic rings. The van der Waals surface area contributed by atoms with Crippen molar-refractivity contribution in [1.82, 2.24) is 5.32 Å². The summed E-state index contributed by atoms with van der Waals surface area (Å²) in [5, 5.41) is 13.8.